The van der Waals surface area contributed by atoms with Crippen molar-refractivity contribution >= 4 is 29.1 Å². The number of hydrogen-bond acceptors (Lipinski definition) is 6. The van der Waals surface area contributed by atoms with Crippen molar-refractivity contribution in [2.24, 2.45) is 10.9 Å². The number of fused-ring (bicyclic) bond motifs is 2. The van der Waals surface area contributed by atoms with E-state index in [1.807, 2.05) is 87.0 Å². The van der Waals surface area contributed by atoms with E-state index in [0.29, 0.717) is 17.0 Å². The number of para-hydroxylation sites is 1. The van der Waals surface area contributed by atoms with Crippen molar-refractivity contribution in [1.29, 1.82) is 0 Å². The molecule has 1 aliphatic carbocycles. The molecule has 0 spiro atoms. The minimum Gasteiger partial charge on any atom is -0.456 e. The zero-order chi connectivity index (χ0) is 26.1. The number of pyridine rings is 2. The van der Waals surface area contributed by atoms with Gasteiger partial charge in [-0.05, 0) is 74.1 Å². The molecule has 2 aliphatic rings. The van der Waals surface area contributed by atoms with Crippen molar-refractivity contribution in [1.82, 2.24) is 14.9 Å². The second kappa shape index (κ2) is 10.0. The fraction of sp³-hybridized carbons (Fsp3) is 0.161. The van der Waals surface area contributed by atoms with Gasteiger partial charge in [0.05, 0.1) is 29.5 Å². The van der Waals surface area contributed by atoms with Gasteiger partial charge in [-0.15, -0.1) is 0 Å². The summed E-state index contributed by atoms with van der Waals surface area (Å²) < 4.78 is 5.98. The van der Waals surface area contributed by atoms with E-state index in [0.717, 1.165) is 52.4 Å². The number of aliphatic imine (C=N–C) groups is 1. The molecule has 0 unspecified atom stereocenters. The first kappa shape index (κ1) is 23.8. The second-order valence-corrected chi connectivity index (χ2v) is 9.78. The Bertz CT molecular complexity index is 1560. The molecule has 1 aliphatic heterocycles. The molecule has 38 heavy (non-hydrogen) atoms. The van der Waals surface area contributed by atoms with Gasteiger partial charge in [-0.25, -0.2) is 0 Å². The number of hydrogen-bond donors (Lipinski definition) is 1. The van der Waals surface area contributed by atoms with Gasteiger partial charge in [0.25, 0.3) is 5.91 Å². The predicted octanol–water partition coefficient (Wildman–Crippen LogP) is 6.13. The summed E-state index contributed by atoms with van der Waals surface area (Å²) in [4.78, 5) is 29.2. The summed E-state index contributed by atoms with van der Waals surface area (Å²) in [5.41, 5.74) is 6.84. The minimum absolute atomic E-state index is 0.146. The van der Waals surface area contributed by atoms with E-state index in [9.17, 15) is 4.79 Å². The van der Waals surface area contributed by atoms with Gasteiger partial charge in [0.15, 0.2) is 0 Å². The molecule has 7 heteroatoms. The molecule has 2 aromatic carbocycles. The van der Waals surface area contributed by atoms with Gasteiger partial charge in [0, 0.05) is 41.6 Å². The number of ether oxygens (including phenoxy) is 1. The average molecular weight is 502 g/mol. The molecule has 1 amide bonds. The predicted molar refractivity (Wildman–Crippen MR) is 150 cm³/mol. The van der Waals surface area contributed by atoms with E-state index in [1.54, 1.807) is 18.6 Å². The van der Waals surface area contributed by atoms with Crippen LogP contribution in [0.2, 0.25) is 0 Å². The molecule has 0 saturated heterocycles. The Morgan fingerprint density at radius 2 is 1.84 bits per heavy atom. The van der Waals surface area contributed by atoms with E-state index >= 15 is 0 Å². The number of anilines is 1. The molecule has 188 valence electrons. The average Bonchev–Trinajstić information content (AvgIpc) is 3.69. The minimum atomic E-state index is -0.146. The maximum absolute atomic E-state index is 13.6. The van der Waals surface area contributed by atoms with Gasteiger partial charge in [0.2, 0.25) is 0 Å². The second-order valence-electron chi connectivity index (χ2n) is 9.78. The van der Waals surface area contributed by atoms with Gasteiger partial charge in [0.1, 0.15) is 11.5 Å². The number of benzene rings is 2. The summed E-state index contributed by atoms with van der Waals surface area (Å²) in [7, 11) is 4.00. The zero-order valence-corrected chi connectivity index (χ0v) is 21.3. The van der Waals surface area contributed by atoms with Crippen LogP contribution < -0.4 is 10.1 Å². The molecular formula is C31H27N5O2. The first-order valence-electron chi connectivity index (χ1n) is 12.5. The lowest BCUT2D eigenvalue weighted by atomic mass is 9.96. The number of nitrogens with zero attached hydrogens (tertiary/aromatic N) is 4. The highest BCUT2D eigenvalue weighted by atomic mass is 16.5. The number of aromatic nitrogens is 2. The Balaban J connectivity index is 1.29. The number of carbonyl (C=O) groups excluding carboxylic acids is 1. The van der Waals surface area contributed by atoms with Crippen molar-refractivity contribution in [2.45, 2.75) is 13.0 Å². The van der Waals surface area contributed by atoms with Crippen molar-refractivity contribution in [2.75, 3.05) is 19.4 Å². The van der Waals surface area contributed by atoms with Crippen molar-refractivity contribution in [3.63, 3.8) is 0 Å². The van der Waals surface area contributed by atoms with E-state index < -0.39 is 0 Å². The van der Waals surface area contributed by atoms with Gasteiger partial charge >= 0.3 is 0 Å². The van der Waals surface area contributed by atoms with Gasteiger partial charge < -0.3 is 15.0 Å². The lowest BCUT2D eigenvalue weighted by molar-refractivity contribution is -0.111. The SMILES string of the molecule is CN(C)Cc1ccc(NC(=O)C2=C3C[C@H]3C=Nc3ccc(-c4cncc(Oc5ccccc5)c4)cc32)cn1. The monoisotopic (exact) mass is 501 g/mol. The van der Waals surface area contributed by atoms with Gasteiger partial charge in [-0.1, -0.05) is 24.3 Å². The quantitative estimate of drug-likeness (QED) is 0.330. The standard InChI is InChI=1S/C31H27N5O2/c1-36(2)19-24-10-9-23(17-33-24)35-31(37)30-27-14-22(27)16-34-29-11-8-20(13-28(29)30)21-12-26(18-32-15-21)38-25-6-4-3-5-7-25/h3-13,15-18,22H,14,19H2,1-2H3,(H,35,37)/t22-/m0/s1. The lowest BCUT2D eigenvalue weighted by Crippen LogP contribution is -2.15. The molecule has 7 nitrogen and oxygen atoms in total. The summed E-state index contributed by atoms with van der Waals surface area (Å²) in [6.07, 6.45) is 7.99. The maximum atomic E-state index is 13.6. The number of allylic oxidation sites excluding steroid dienone is 1. The number of rotatable bonds is 7. The van der Waals surface area contributed by atoms with Crippen LogP contribution in [-0.2, 0) is 11.3 Å². The molecule has 6 rings (SSSR count). The molecule has 2 aromatic heterocycles. The Morgan fingerprint density at radius 1 is 0.974 bits per heavy atom. The number of carbonyl (C=O) groups is 1. The Kier molecular flexibility index (Phi) is 6.27. The highest BCUT2D eigenvalue weighted by molar-refractivity contribution is 6.28. The highest BCUT2D eigenvalue weighted by Gasteiger charge is 2.37. The van der Waals surface area contributed by atoms with E-state index in [-0.39, 0.29) is 11.8 Å². The fourth-order valence-corrected chi connectivity index (χ4v) is 4.61. The van der Waals surface area contributed by atoms with Crippen molar-refractivity contribution in [3.05, 3.63) is 102 Å². The smallest absolute Gasteiger partial charge is 0.256 e. The molecule has 1 N–H and O–H groups in total. The molecule has 1 saturated carbocycles. The zero-order valence-electron chi connectivity index (χ0n) is 21.3. The number of amides is 1. The third kappa shape index (κ3) is 5.10. The van der Waals surface area contributed by atoms with Crippen LogP contribution in [-0.4, -0.2) is 41.1 Å². The summed E-state index contributed by atoms with van der Waals surface area (Å²) in [5, 5.41) is 3.05. The molecule has 0 radical (unpaired) electrons. The Morgan fingerprint density at radius 3 is 2.63 bits per heavy atom. The molecule has 0 bridgehead atoms. The van der Waals surface area contributed by atoms with Crippen LogP contribution >= 0.6 is 0 Å². The van der Waals surface area contributed by atoms with Crippen molar-refractivity contribution < 1.29 is 9.53 Å². The molecule has 1 atom stereocenters. The highest BCUT2D eigenvalue weighted by Crippen LogP contribution is 2.48. The summed E-state index contributed by atoms with van der Waals surface area (Å²) >= 11 is 0. The maximum Gasteiger partial charge on any atom is 0.256 e. The van der Waals surface area contributed by atoms with E-state index in [4.69, 9.17) is 9.73 Å². The first-order chi connectivity index (χ1) is 18.5. The van der Waals surface area contributed by atoms with Crippen LogP contribution in [0.1, 0.15) is 17.7 Å². The molecule has 1 fully saturated rings. The lowest BCUT2D eigenvalue weighted by Gasteiger charge is -2.14. The Hall–Kier alpha value is -4.62. The molecular weight excluding hydrogens is 474 g/mol. The summed E-state index contributed by atoms with van der Waals surface area (Å²) in [6.45, 7) is 0.741. The largest absolute Gasteiger partial charge is 0.456 e. The third-order valence-corrected chi connectivity index (χ3v) is 6.52. The van der Waals surface area contributed by atoms with Crippen LogP contribution in [0.3, 0.4) is 0 Å². The van der Waals surface area contributed by atoms with Gasteiger partial charge in [-0.2, -0.15) is 0 Å². The molecule has 3 heterocycles. The first-order valence-corrected chi connectivity index (χ1v) is 12.5. The summed E-state index contributed by atoms with van der Waals surface area (Å²) in [6, 6.07) is 21.4. The van der Waals surface area contributed by atoms with Crippen LogP contribution in [0.25, 0.3) is 16.7 Å². The van der Waals surface area contributed by atoms with Crippen LogP contribution in [0.4, 0.5) is 11.4 Å². The number of nitrogens with one attached hydrogen (secondary N) is 1. The van der Waals surface area contributed by atoms with E-state index in [1.165, 1.54) is 0 Å². The molecule has 4 aromatic rings. The van der Waals surface area contributed by atoms with Crippen LogP contribution in [0, 0.1) is 5.92 Å². The fourth-order valence-electron chi connectivity index (χ4n) is 4.61. The van der Waals surface area contributed by atoms with E-state index in [2.05, 4.69) is 20.2 Å². The Labute approximate surface area is 221 Å². The topological polar surface area (TPSA) is 79.7 Å². The van der Waals surface area contributed by atoms with Gasteiger partial charge in [-0.3, -0.25) is 19.8 Å². The van der Waals surface area contributed by atoms with Crippen molar-refractivity contribution in [3.8, 4) is 22.6 Å². The normalized spacial score (nSPS) is 15.5. The van der Waals surface area contributed by atoms with Crippen LogP contribution in [0.15, 0.2) is 95.9 Å². The van der Waals surface area contributed by atoms with Crippen LogP contribution in [0.5, 0.6) is 11.5 Å². The third-order valence-electron chi connectivity index (χ3n) is 6.52. The summed E-state index contributed by atoms with van der Waals surface area (Å²) in [5.74, 6) is 1.45.